The molecule has 2 aromatic rings. The summed E-state index contributed by atoms with van der Waals surface area (Å²) in [4.78, 5) is 4.56. The summed E-state index contributed by atoms with van der Waals surface area (Å²) >= 11 is 0. The zero-order chi connectivity index (χ0) is 19.2. The van der Waals surface area contributed by atoms with Crippen molar-refractivity contribution in [3.8, 4) is 0 Å². The number of halogens is 3. The molecule has 5 nitrogen and oxygen atoms in total. The van der Waals surface area contributed by atoms with Gasteiger partial charge in [-0.05, 0) is 45.6 Å². The van der Waals surface area contributed by atoms with E-state index in [1.165, 1.54) is 0 Å². The summed E-state index contributed by atoms with van der Waals surface area (Å²) in [7, 11) is 0. The highest BCUT2D eigenvalue weighted by atomic mass is 19.4. The molecule has 0 spiro atoms. The molecule has 1 aliphatic heterocycles. The van der Waals surface area contributed by atoms with Gasteiger partial charge in [0.25, 0.3) is 0 Å². The van der Waals surface area contributed by atoms with E-state index < -0.39 is 12.1 Å². The van der Waals surface area contributed by atoms with Crippen molar-refractivity contribution in [2.24, 2.45) is 5.92 Å². The van der Waals surface area contributed by atoms with Gasteiger partial charge < -0.3 is 10.1 Å². The summed E-state index contributed by atoms with van der Waals surface area (Å²) < 4.78 is 46.6. The Morgan fingerprint density at radius 3 is 2.56 bits per heavy atom. The zero-order valence-corrected chi connectivity index (χ0v) is 15.6. The molecule has 1 saturated carbocycles. The van der Waals surface area contributed by atoms with Crippen LogP contribution < -0.4 is 5.32 Å². The van der Waals surface area contributed by atoms with Crippen molar-refractivity contribution in [3.05, 3.63) is 29.2 Å². The Labute approximate surface area is 156 Å². The van der Waals surface area contributed by atoms with Crippen LogP contribution in [0.25, 0.3) is 5.65 Å². The zero-order valence-electron chi connectivity index (χ0n) is 15.6. The molecule has 0 amide bonds. The van der Waals surface area contributed by atoms with Crippen LogP contribution in [0.3, 0.4) is 0 Å². The first-order chi connectivity index (χ1) is 12.8. The van der Waals surface area contributed by atoms with Crippen molar-refractivity contribution in [1.82, 2.24) is 19.9 Å². The summed E-state index contributed by atoms with van der Waals surface area (Å²) in [5.74, 6) is -1.12. The summed E-state index contributed by atoms with van der Waals surface area (Å²) in [5, 5.41) is 8.09. The van der Waals surface area contributed by atoms with E-state index in [0.717, 1.165) is 29.3 Å². The van der Waals surface area contributed by atoms with Gasteiger partial charge in [-0.15, -0.1) is 0 Å². The van der Waals surface area contributed by atoms with Crippen molar-refractivity contribution in [3.63, 3.8) is 0 Å². The Morgan fingerprint density at radius 2 is 1.89 bits per heavy atom. The van der Waals surface area contributed by atoms with E-state index in [1.807, 2.05) is 30.5 Å². The van der Waals surface area contributed by atoms with Crippen LogP contribution in [-0.2, 0) is 4.74 Å². The molecule has 1 N–H and O–H groups in total. The van der Waals surface area contributed by atoms with E-state index in [9.17, 15) is 13.2 Å². The Bertz CT molecular complexity index is 811. The van der Waals surface area contributed by atoms with Gasteiger partial charge in [-0.1, -0.05) is 0 Å². The van der Waals surface area contributed by atoms with Crippen molar-refractivity contribution >= 4 is 5.65 Å². The fourth-order valence-electron chi connectivity index (χ4n) is 4.26. The maximum atomic E-state index is 12.9. The third-order valence-electron chi connectivity index (χ3n) is 5.70. The Kier molecular flexibility index (Phi) is 4.88. The third kappa shape index (κ3) is 3.82. The Morgan fingerprint density at radius 1 is 1.15 bits per heavy atom. The molecule has 8 heteroatoms. The molecule has 2 aliphatic rings. The summed E-state index contributed by atoms with van der Waals surface area (Å²) in [6.45, 7) is 5.48. The molecule has 0 radical (unpaired) electrons. The summed E-state index contributed by atoms with van der Waals surface area (Å²) in [5.41, 5.74) is 3.39. The van der Waals surface area contributed by atoms with Gasteiger partial charge in [0.05, 0.1) is 23.4 Å². The summed E-state index contributed by atoms with van der Waals surface area (Å²) in [6, 6.07) is 3.91. The lowest BCUT2D eigenvalue weighted by Gasteiger charge is -2.29. The van der Waals surface area contributed by atoms with Gasteiger partial charge in [0, 0.05) is 30.8 Å². The molecular formula is C19H25F3N4O. The number of nitrogens with zero attached hydrogens (tertiary/aromatic N) is 3. The maximum Gasteiger partial charge on any atom is 0.391 e. The fraction of sp³-hybridized carbons (Fsp3) is 0.684. The number of aromatic nitrogens is 3. The molecule has 1 aliphatic carbocycles. The maximum absolute atomic E-state index is 12.9. The molecule has 1 saturated heterocycles. The average Bonchev–Trinajstić information content (AvgIpc) is 3.04. The molecule has 2 fully saturated rings. The number of hydrogen-bond donors (Lipinski definition) is 1. The number of fused-ring (bicyclic) bond motifs is 1. The lowest BCUT2D eigenvalue weighted by molar-refractivity contribution is -0.182. The number of nitrogens with one attached hydrogen (secondary N) is 1. The minimum atomic E-state index is -4.09. The molecular weight excluding hydrogens is 357 g/mol. The number of rotatable bonds is 2. The molecule has 2 atom stereocenters. The first-order valence-corrected chi connectivity index (χ1v) is 9.61. The van der Waals surface area contributed by atoms with Gasteiger partial charge in [-0.25, -0.2) is 9.50 Å². The first kappa shape index (κ1) is 18.7. The van der Waals surface area contributed by atoms with Gasteiger partial charge in [-0.2, -0.15) is 18.3 Å². The van der Waals surface area contributed by atoms with Crippen LogP contribution >= 0.6 is 0 Å². The third-order valence-corrected chi connectivity index (χ3v) is 5.70. The van der Waals surface area contributed by atoms with Crippen molar-refractivity contribution < 1.29 is 17.9 Å². The van der Waals surface area contributed by atoms with E-state index in [1.54, 1.807) is 0 Å². The van der Waals surface area contributed by atoms with Crippen molar-refractivity contribution in [2.75, 3.05) is 13.1 Å². The SMILES string of the molecule is Cc1cc([C@H]2CNC[C@@H](C)O2)n2nc([C@H]3CC[C@H](C(F)(F)F)CC3)cc2n1. The second-order valence-electron chi connectivity index (χ2n) is 7.85. The minimum absolute atomic E-state index is 0.0581. The molecule has 4 rings (SSSR count). The van der Waals surface area contributed by atoms with Crippen LogP contribution in [0.5, 0.6) is 0 Å². The van der Waals surface area contributed by atoms with E-state index in [-0.39, 0.29) is 31.0 Å². The van der Waals surface area contributed by atoms with Crippen LogP contribution in [0.15, 0.2) is 12.1 Å². The van der Waals surface area contributed by atoms with Crippen LogP contribution in [0.2, 0.25) is 0 Å². The van der Waals surface area contributed by atoms with Gasteiger partial charge in [0.2, 0.25) is 0 Å². The molecule has 148 valence electrons. The standard InChI is InChI=1S/C19H25F3N4O/c1-11-7-16(17-10-23-9-12(2)27-17)26-18(24-11)8-15(25-26)13-3-5-14(6-4-13)19(20,21)22/h7-8,12-14,17,23H,3-6,9-10H2,1-2H3/t12-,13-,14-,17-/m1/s1. The highest BCUT2D eigenvalue weighted by molar-refractivity contribution is 5.43. The smallest absolute Gasteiger partial charge is 0.366 e. The monoisotopic (exact) mass is 382 g/mol. The minimum Gasteiger partial charge on any atom is -0.366 e. The molecule has 0 bridgehead atoms. The van der Waals surface area contributed by atoms with E-state index in [2.05, 4.69) is 10.3 Å². The van der Waals surface area contributed by atoms with E-state index in [0.29, 0.717) is 19.4 Å². The number of alkyl halides is 3. The normalized spacial score (nSPS) is 30.0. The fourth-order valence-corrected chi connectivity index (χ4v) is 4.26. The lowest BCUT2D eigenvalue weighted by atomic mass is 9.80. The van der Waals surface area contributed by atoms with Crippen molar-refractivity contribution in [2.45, 2.75) is 63.8 Å². The Hall–Kier alpha value is -1.67. The van der Waals surface area contributed by atoms with E-state index >= 15 is 0 Å². The number of ether oxygens (including phenoxy) is 1. The number of hydrogen-bond acceptors (Lipinski definition) is 4. The van der Waals surface area contributed by atoms with Crippen LogP contribution in [0.1, 0.15) is 61.7 Å². The molecule has 27 heavy (non-hydrogen) atoms. The molecule has 0 aromatic carbocycles. The topological polar surface area (TPSA) is 51.5 Å². The Balaban J connectivity index is 1.60. The first-order valence-electron chi connectivity index (χ1n) is 9.61. The molecule has 3 heterocycles. The predicted octanol–water partition coefficient (Wildman–Crippen LogP) is 3.92. The second-order valence-corrected chi connectivity index (χ2v) is 7.85. The molecule has 0 unspecified atom stereocenters. The second kappa shape index (κ2) is 7.05. The van der Waals surface area contributed by atoms with Crippen LogP contribution in [-0.4, -0.2) is 40.0 Å². The van der Waals surface area contributed by atoms with Crippen molar-refractivity contribution in [1.29, 1.82) is 0 Å². The number of morpholine rings is 1. The van der Waals surface area contributed by atoms with Gasteiger partial charge >= 0.3 is 6.18 Å². The average molecular weight is 382 g/mol. The molecule has 2 aromatic heterocycles. The largest absolute Gasteiger partial charge is 0.391 e. The lowest BCUT2D eigenvalue weighted by Crippen LogP contribution is -2.39. The van der Waals surface area contributed by atoms with E-state index in [4.69, 9.17) is 9.84 Å². The summed E-state index contributed by atoms with van der Waals surface area (Å²) in [6.07, 6.45) is -2.71. The van der Waals surface area contributed by atoms with Gasteiger partial charge in [0.1, 0.15) is 6.10 Å². The van der Waals surface area contributed by atoms with Crippen LogP contribution in [0, 0.1) is 12.8 Å². The van der Waals surface area contributed by atoms with Gasteiger partial charge in [-0.3, -0.25) is 0 Å². The predicted molar refractivity (Wildman–Crippen MR) is 94.6 cm³/mol. The highest BCUT2D eigenvalue weighted by Gasteiger charge is 2.42. The van der Waals surface area contributed by atoms with Crippen LogP contribution in [0.4, 0.5) is 13.2 Å². The highest BCUT2D eigenvalue weighted by Crippen LogP contribution is 2.42. The van der Waals surface area contributed by atoms with Gasteiger partial charge in [0.15, 0.2) is 5.65 Å². The number of aryl methyl sites for hydroxylation is 1. The quantitative estimate of drug-likeness (QED) is 0.855.